The molecular weight excluding hydrogens is 394 g/mol. The van der Waals surface area contributed by atoms with Gasteiger partial charge in [0.05, 0.1) is 17.1 Å². The fraction of sp³-hybridized carbons (Fsp3) is 0.333. The predicted octanol–water partition coefficient (Wildman–Crippen LogP) is 4.13. The van der Waals surface area contributed by atoms with Gasteiger partial charge in [-0.25, -0.2) is 0 Å². The van der Waals surface area contributed by atoms with Gasteiger partial charge in [-0.15, -0.1) is 11.8 Å². The van der Waals surface area contributed by atoms with Gasteiger partial charge in [-0.2, -0.15) is 0 Å². The van der Waals surface area contributed by atoms with Crippen LogP contribution in [0.5, 0.6) is 0 Å². The predicted molar refractivity (Wildman–Crippen MR) is 116 cm³/mol. The number of hydrogen-bond acceptors (Lipinski definition) is 4. The van der Waals surface area contributed by atoms with Crippen LogP contribution in [0, 0.1) is 0 Å². The molecule has 0 aromatic heterocycles. The van der Waals surface area contributed by atoms with E-state index in [1.165, 1.54) is 11.8 Å². The number of rotatable bonds is 6. The molecule has 28 heavy (non-hydrogen) atoms. The van der Waals surface area contributed by atoms with Crippen LogP contribution < -0.4 is 10.2 Å². The molecule has 0 spiro atoms. The first-order chi connectivity index (χ1) is 13.6. The number of para-hydroxylation sites is 2. The monoisotopic (exact) mass is 417 g/mol. The summed E-state index contributed by atoms with van der Waals surface area (Å²) < 4.78 is 0. The van der Waals surface area contributed by atoms with Crippen molar-refractivity contribution < 1.29 is 9.59 Å². The van der Waals surface area contributed by atoms with Gasteiger partial charge in [-0.1, -0.05) is 30.7 Å². The largest absolute Gasteiger partial charge is 0.366 e. The maximum Gasteiger partial charge on any atom is 0.234 e. The summed E-state index contributed by atoms with van der Waals surface area (Å²) in [4.78, 5) is 29.4. The fourth-order valence-electron chi connectivity index (χ4n) is 3.14. The summed E-state index contributed by atoms with van der Waals surface area (Å²) in [6, 6.07) is 15.3. The maximum absolute atomic E-state index is 12.4. The average Bonchev–Trinajstić information content (AvgIpc) is 2.73. The van der Waals surface area contributed by atoms with Crippen molar-refractivity contribution in [2.75, 3.05) is 42.1 Å². The summed E-state index contributed by atoms with van der Waals surface area (Å²) in [6.07, 6.45) is 0.540. The van der Waals surface area contributed by atoms with Crippen molar-refractivity contribution >= 4 is 46.6 Å². The highest BCUT2D eigenvalue weighted by Gasteiger charge is 2.22. The molecule has 1 aliphatic heterocycles. The van der Waals surface area contributed by atoms with Crippen LogP contribution in [0.15, 0.2) is 53.4 Å². The van der Waals surface area contributed by atoms with Gasteiger partial charge in [0.25, 0.3) is 0 Å². The van der Waals surface area contributed by atoms with E-state index in [0.29, 0.717) is 30.3 Å². The summed E-state index contributed by atoms with van der Waals surface area (Å²) >= 11 is 7.37. The van der Waals surface area contributed by atoms with Gasteiger partial charge >= 0.3 is 0 Å². The molecule has 1 N–H and O–H groups in total. The second-order valence-electron chi connectivity index (χ2n) is 6.53. The number of anilines is 2. The molecule has 1 fully saturated rings. The van der Waals surface area contributed by atoms with Crippen LogP contribution in [-0.2, 0) is 9.59 Å². The number of thioether (sulfide) groups is 1. The van der Waals surface area contributed by atoms with Gasteiger partial charge in [0.2, 0.25) is 11.8 Å². The van der Waals surface area contributed by atoms with Crippen molar-refractivity contribution in [2.45, 2.75) is 18.2 Å². The van der Waals surface area contributed by atoms with E-state index in [-0.39, 0.29) is 11.8 Å². The van der Waals surface area contributed by atoms with Crippen LogP contribution >= 0.6 is 23.4 Å². The lowest BCUT2D eigenvalue weighted by atomic mass is 10.2. The highest BCUT2D eigenvalue weighted by Crippen LogP contribution is 2.27. The Hall–Kier alpha value is -2.18. The lowest BCUT2D eigenvalue weighted by Gasteiger charge is -2.36. The molecule has 2 aromatic carbocycles. The number of piperazine rings is 1. The highest BCUT2D eigenvalue weighted by atomic mass is 35.5. The quantitative estimate of drug-likeness (QED) is 0.718. The zero-order valence-electron chi connectivity index (χ0n) is 15.9. The van der Waals surface area contributed by atoms with Crippen molar-refractivity contribution in [1.29, 1.82) is 0 Å². The molecule has 2 amide bonds. The molecule has 0 atom stereocenters. The number of halogens is 1. The minimum absolute atomic E-state index is 0.0489. The Morgan fingerprint density at radius 3 is 2.39 bits per heavy atom. The highest BCUT2D eigenvalue weighted by molar-refractivity contribution is 8.00. The number of carbonyl (C=O) groups is 2. The first-order valence-electron chi connectivity index (χ1n) is 9.37. The minimum atomic E-state index is -0.0489. The number of nitrogens with zero attached hydrogens (tertiary/aromatic N) is 2. The number of amides is 2. The third kappa shape index (κ3) is 5.42. The Morgan fingerprint density at radius 1 is 1.04 bits per heavy atom. The Kier molecular flexibility index (Phi) is 7.23. The fourth-order valence-corrected chi connectivity index (χ4v) is 3.97. The van der Waals surface area contributed by atoms with Crippen LogP contribution in [0.4, 0.5) is 11.4 Å². The number of nitrogens with one attached hydrogen (secondary N) is 1. The van der Waals surface area contributed by atoms with Gasteiger partial charge in [0, 0.05) is 42.5 Å². The van der Waals surface area contributed by atoms with E-state index in [1.54, 1.807) is 0 Å². The van der Waals surface area contributed by atoms with Gasteiger partial charge in [0.15, 0.2) is 0 Å². The number of hydrogen-bond donors (Lipinski definition) is 1. The van der Waals surface area contributed by atoms with E-state index in [2.05, 4.69) is 10.2 Å². The topological polar surface area (TPSA) is 52.7 Å². The first kappa shape index (κ1) is 20.6. The Labute approximate surface area is 175 Å². The van der Waals surface area contributed by atoms with Gasteiger partial charge < -0.3 is 15.1 Å². The molecule has 1 heterocycles. The van der Waals surface area contributed by atoms with Gasteiger partial charge in [-0.05, 0) is 36.4 Å². The molecule has 2 aromatic rings. The van der Waals surface area contributed by atoms with Crippen molar-refractivity contribution in [1.82, 2.24) is 4.90 Å². The molecule has 0 bridgehead atoms. The molecule has 0 radical (unpaired) electrons. The Morgan fingerprint density at radius 2 is 1.71 bits per heavy atom. The van der Waals surface area contributed by atoms with Gasteiger partial charge in [-0.3, -0.25) is 9.59 Å². The third-order valence-electron chi connectivity index (χ3n) is 4.64. The zero-order valence-corrected chi connectivity index (χ0v) is 17.4. The van der Waals surface area contributed by atoms with Crippen molar-refractivity contribution in [3.05, 3.63) is 53.6 Å². The molecule has 148 valence electrons. The van der Waals surface area contributed by atoms with E-state index in [0.717, 1.165) is 29.4 Å². The molecule has 0 aliphatic carbocycles. The minimum Gasteiger partial charge on any atom is -0.366 e. The van der Waals surface area contributed by atoms with Crippen molar-refractivity contribution in [2.24, 2.45) is 0 Å². The molecule has 3 rings (SSSR count). The van der Waals surface area contributed by atoms with E-state index in [9.17, 15) is 9.59 Å². The van der Waals surface area contributed by atoms with Crippen LogP contribution in [0.1, 0.15) is 13.3 Å². The molecular formula is C21H24ClN3O2S. The lowest BCUT2D eigenvalue weighted by Crippen LogP contribution is -2.48. The Balaban J connectivity index is 1.58. The first-order valence-corrected chi connectivity index (χ1v) is 10.7. The zero-order chi connectivity index (χ0) is 19.9. The summed E-state index contributed by atoms with van der Waals surface area (Å²) in [6.45, 7) is 4.83. The SMILES string of the molecule is CCC(=O)N1CCN(c2ccccc2NC(=O)CSc2ccc(Cl)cc2)CC1. The Bertz CT molecular complexity index is 821. The second-order valence-corrected chi connectivity index (χ2v) is 8.01. The third-order valence-corrected chi connectivity index (χ3v) is 5.90. The van der Waals surface area contributed by atoms with Crippen molar-refractivity contribution in [3.8, 4) is 0 Å². The smallest absolute Gasteiger partial charge is 0.234 e. The summed E-state index contributed by atoms with van der Waals surface area (Å²) in [5.74, 6) is 0.474. The van der Waals surface area contributed by atoms with Crippen molar-refractivity contribution in [3.63, 3.8) is 0 Å². The number of carbonyl (C=O) groups excluding carboxylic acids is 2. The molecule has 7 heteroatoms. The maximum atomic E-state index is 12.4. The lowest BCUT2D eigenvalue weighted by molar-refractivity contribution is -0.131. The standard InChI is InChI=1S/C21H24ClN3O2S/c1-2-21(27)25-13-11-24(12-14-25)19-6-4-3-5-18(19)23-20(26)15-28-17-9-7-16(22)8-10-17/h3-10H,2,11-15H2,1H3,(H,23,26). The summed E-state index contributed by atoms with van der Waals surface area (Å²) in [5.41, 5.74) is 1.80. The van der Waals surface area contributed by atoms with E-state index in [4.69, 9.17) is 11.6 Å². The van der Waals surface area contributed by atoms with Crippen LogP contribution in [0.3, 0.4) is 0 Å². The molecule has 0 saturated carbocycles. The number of benzene rings is 2. The average molecular weight is 418 g/mol. The van der Waals surface area contributed by atoms with E-state index < -0.39 is 0 Å². The van der Waals surface area contributed by atoms with Crippen LogP contribution in [-0.4, -0.2) is 48.6 Å². The van der Waals surface area contributed by atoms with Crippen LogP contribution in [0.25, 0.3) is 0 Å². The molecule has 5 nitrogen and oxygen atoms in total. The molecule has 0 unspecified atom stereocenters. The second kappa shape index (κ2) is 9.85. The van der Waals surface area contributed by atoms with E-state index >= 15 is 0 Å². The van der Waals surface area contributed by atoms with Crippen LogP contribution in [0.2, 0.25) is 5.02 Å². The summed E-state index contributed by atoms with van der Waals surface area (Å²) in [7, 11) is 0. The van der Waals surface area contributed by atoms with E-state index in [1.807, 2.05) is 60.4 Å². The van der Waals surface area contributed by atoms with Gasteiger partial charge in [0.1, 0.15) is 0 Å². The molecule has 1 saturated heterocycles. The molecule has 1 aliphatic rings. The normalized spacial score (nSPS) is 14.1. The summed E-state index contributed by atoms with van der Waals surface area (Å²) in [5, 5.41) is 3.71.